The standard InChI is InChI=1S/C14H21ClN2O2S/c1-8-5-11(15)6-9(2)13(8)17-14(19)16-10(3)12(7-18)20-4/h5-6,10,12,18H,7H2,1-4H3,(H2,16,17,19). The van der Waals surface area contributed by atoms with Crippen LogP contribution >= 0.6 is 23.4 Å². The van der Waals surface area contributed by atoms with Gasteiger partial charge in [-0.15, -0.1) is 0 Å². The van der Waals surface area contributed by atoms with E-state index >= 15 is 0 Å². The number of benzene rings is 1. The molecule has 0 spiro atoms. The monoisotopic (exact) mass is 316 g/mol. The van der Waals surface area contributed by atoms with Gasteiger partial charge in [-0.1, -0.05) is 11.6 Å². The Morgan fingerprint density at radius 3 is 2.40 bits per heavy atom. The lowest BCUT2D eigenvalue weighted by Gasteiger charge is -2.22. The number of hydrogen-bond donors (Lipinski definition) is 3. The van der Waals surface area contributed by atoms with Gasteiger partial charge in [-0.2, -0.15) is 11.8 Å². The molecular weight excluding hydrogens is 296 g/mol. The van der Waals surface area contributed by atoms with E-state index in [0.29, 0.717) is 5.02 Å². The smallest absolute Gasteiger partial charge is 0.319 e. The van der Waals surface area contributed by atoms with E-state index in [1.165, 1.54) is 11.8 Å². The molecule has 3 N–H and O–H groups in total. The SMILES string of the molecule is CSC(CO)C(C)NC(=O)Nc1c(C)cc(Cl)cc1C. The Hall–Kier alpha value is -0.910. The number of thioether (sulfide) groups is 1. The van der Waals surface area contributed by atoms with Gasteiger partial charge in [0.15, 0.2) is 0 Å². The van der Waals surface area contributed by atoms with Crippen molar-refractivity contribution in [2.75, 3.05) is 18.2 Å². The molecular formula is C14H21ClN2O2S. The molecule has 0 fully saturated rings. The topological polar surface area (TPSA) is 61.4 Å². The third-order valence-corrected chi connectivity index (χ3v) is 4.52. The first-order valence-corrected chi connectivity index (χ1v) is 8.03. The fourth-order valence-electron chi connectivity index (χ4n) is 1.99. The summed E-state index contributed by atoms with van der Waals surface area (Å²) >= 11 is 7.49. The molecule has 0 aliphatic rings. The number of aryl methyl sites for hydroxylation is 2. The largest absolute Gasteiger partial charge is 0.395 e. The number of rotatable bonds is 5. The van der Waals surface area contributed by atoms with Gasteiger partial charge >= 0.3 is 6.03 Å². The minimum Gasteiger partial charge on any atom is -0.395 e. The summed E-state index contributed by atoms with van der Waals surface area (Å²) in [7, 11) is 0. The molecule has 0 heterocycles. The Bertz CT molecular complexity index is 455. The van der Waals surface area contributed by atoms with Crippen LogP contribution in [0.4, 0.5) is 10.5 Å². The molecule has 4 nitrogen and oxygen atoms in total. The van der Waals surface area contributed by atoms with Gasteiger partial charge in [-0.25, -0.2) is 4.79 Å². The van der Waals surface area contributed by atoms with Crippen LogP contribution in [0.3, 0.4) is 0 Å². The van der Waals surface area contributed by atoms with E-state index in [9.17, 15) is 9.90 Å². The summed E-state index contributed by atoms with van der Waals surface area (Å²) in [6.45, 7) is 5.70. The zero-order valence-electron chi connectivity index (χ0n) is 12.2. The van der Waals surface area contributed by atoms with Crippen LogP contribution in [0.25, 0.3) is 0 Å². The van der Waals surface area contributed by atoms with Crippen molar-refractivity contribution >= 4 is 35.1 Å². The van der Waals surface area contributed by atoms with Crippen LogP contribution in [0, 0.1) is 13.8 Å². The number of amides is 2. The summed E-state index contributed by atoms with van der Waals surface area (Å²) in [4.78, 5) is 12.0. The molecule has 112 valence electrons. The van der Waals surface area contributed by atoms with Gasteiger partial charge in [0.2, 0.25) is 0 Å². The second-order valence-corrected chi connectivity index (χ2v) is 6.27. The second kappa shape index (κ2) is 7.76. The molecule has 0 bridgehead atoms. The molecule has 0 aromatic heterocycles. The van der Waals surface area contributed by atoms with Crippen molar-refractivity contribution in [2.24, 2.45) is 0 Å². The fourth-order valence-corrected chi connectivity index (χ4v) is 2.95. The van der Waals surface area contributed by atoms with Gasteiger partial charge in [0, 0.05) is 22.0 Å². The quantitative estimate of drug-likeness (QED) is 0.782. The molecule has 0 aliphatic heterocycles. The van der Waals surface area contributed by atoms with Crippen LogP contribution in [-0.4, -0.2) is 35.3 Å². The summed E-state index contributed by atoms with van der Waals surface area (Å²) < 4.78 is 0. The number of anilines is 1. The molecule has 0 saturated carbocycles. The average Bonchev–Trinajstić information content (AvgIpc) is 2.35. The first-order chi connectivity index (χ1) is 9.38. The Kier molecular flexibility index (Phi) is 6.65. The summed E-state index contributed by atoms with van der Waals surface area (Å²) in [6.07, 6.45) is 1.91. The molecule has 0 radical (unpaired) electrons. The molecule has 20 heavy (non-hydrogen) atoms. The third-order valence-electron chi connectivity index (χ3n) is 3.14. The highest BCUT2D eigenvalue weighted by molar-refractivity contribution is 7.99. The molecule has 1 aromatic carbocycles. The molecule has 6 heteroatoms. The molecule has 2 amide bonds. The summed E-state index contributed by atoms with van der Waals surface area (Å²) in [5, 5.41) is 15.5. The van der Waals surface area contributed by atoms with Crippen molar-refractivity contribution < 1.29 is 9.90 Å². The van der Waals surface area contributed by atoms with Gasteiger partial charge in [0.1, 0.15) is 0 Å². The Balaban J connectivity index is 2.72. The zero-order chi connectivity index (χ0) is 15.3. The Morgan fingerprint density at radius 2 is 1.95 bits per heavy atom. The average molecular weight is 317 g/mol. The van der Waals surface area contributed by atoms with Crippen LogP contribution in [-0.2, 0) is 0 Å². The number of aliphatic hydroxyl groups excluding tert-OH is 1. The lowest BCUT2D eigenvalue weighted by molar-refractivity contribution is 0.243. The maximum Gasteiger partial charge on any atom is 0.319 e. The minimum atomic E-state index is -0.279. The van der Waals surface area contributed by atoms with Gasteiger partial charge in [-0.3, -0.25) is 0 Å². The first kappa shape index (κ1) is 17.1. The maximum absolute atomic E-state index is 12.0. The number of carbonyl (C=O) groups is 1. The summed E-state index contributed by atoms with van der Waals surface area (Å²) in [5.74, 6) is 0. The van der Waals surface area contributed by atoms with Gasteiger partial charge in [0.25, 0.3) is 0 Å². The molecule has 0 aliphatic carbocycles. The highest BCUT2D eigenvalue weighted by Gasteiger charge is 2.18. The highest BCUT2D eigenvalue weighted by Crippen LogP contribution is 2.24. The van der Waals surface area contributed by atoms with Crippen LogP contribution in [0.5, 0.6) is 0 Å². The van der Waals surface area contributed by atoms with Crippen molar-refractivity contribution in [1.82, 2.24) is 5.32 Å². The van der Waals surface area contributed by atoms with Gasteiger partial charge in [-0.05, 0) is 50.3 Å². The molecule has 0 saturated heterocycles. The summed E-state index contributed by atoms with van der Waals surface area (Å²) in [6, 6.07) is 3.22. The van der Waals surface area contributed by atoms with Gasteiger partial charge < -0.3 is 15.7 Å². The van der Waals surface area contributed by atoms with Crippen molar-refractivity contribution in [3.05, 3.63) is 28.3 Å². The van der Waals surface area contributed by atoms with E-state index in [4.69, 9.17) is 11.6 Å². The lowest BCUT2D eigenvalue weighted by atomic mass is 10.1. The predicted octanol–water partition coefficient (Wildman–Crippen LogP) is 3.19. The Morgan fingerprint density at radius 1 is 1.40 bits per heavy atom. The Labute approximate surface area is 129 Å². The molecule has 2 atom stereocenters. The number of carbonyl (C=O) groups excluding carboxylic acids is 1. The van der Waals surface area contributed by atoms with Crippen molar-refractivity contribution in [1.29, 1.82) is 0 Å². The van der Waals surface area contributed by atoms with E-state index in [-0.39, 0.29) is 23.9 Å². The van der Waals surface area contributed by atoms with Crippen LogP contribution in [0.1, 0.15) is 18.1 Å². The molecule has 1 aromatic rings. The zero-order valence-corrected chi connectivity index (χ0v) is 13.7. The number of halogens is 1. The van der Waals surface area contributed by atoms with Crippen molar-refractivity contribution in [2.45, 2.75) is 32.1 Å². The van der Waals surface area contributed by atoms with Crippen molar-refractivity contribution in [3.63, 3.8) is 0 Å². The van der Waals surface area contributed by atoms with Crippen molar-refractivity contribution in [3.8, 4) is 0 Å². The first-order valence-electron chi connectivity index (χ1n) is 6.37. The summed E-state index contributed by atoms with van der Waals surface area (Å²) in [5.41, 5.74) is 2.60. The number of urea groups is 1. The van der Waals surface area contributed by atoms with E-state index in [2.05, 4.69) is 10.6 Å². The van der Waals surface area contributed by atoms with E-state index in [1.54, 1.807) is 0 Å². The number of aliphatic hydroxyl groups is 1. The predicted molar refractivity (Wildman–Crippen MR) is 86.9 cm³/mol. The maximum atomic E-state index is 12.0. The molecule has 1 rings (SSSR count). The van der Waals surface area contributed by atoms with Crippen LogP contribution in [0.15, 0.2) is 12.1 Å². The highest BCUT2D eigenvalue weighted by atomic mass is 35.5. The number of nitrogens with one attached hydrogen (secondary N) is 2. The van der Waals surface area contributed by atoms with E-state index in [0.717, 1.165) is 16.8 Å². The van der Waals surface area contributed by atoms with Crippen LogP contribution in [0.2, 0.25) is 5.02 Å². The van der Waals surface area contributed by atoms with Gasteiger partial charge in [0.05, 0.1) is 6.61 Å². The fraction of sp³-hybridized carbons (Fsp3) is 0.500. The van der Waals surface area contributed by atoms with E-state index in [1.807, 2.05) is 39.2 Å². The normalized spacial score (nSPS) is 13.7. The minimum absolute atomic E-state index is 0.0202. The number of hydrogen-bond acceptors (Lipinski definition) is 3. The second-order valence-electron chi connectivity index (χ2n) is 4.76. The third kappa shape index (κ3) is 4.58. The van der Waals surface area contributed by atoms with E-state index < -0.39 is 0 Å². The lowest BCUT2D eigenvalue weighted by Crippen LogP contribution is -2.43. The molecule has 2 unspecified atom stereocenters. The van der Waals surface area contributed by atoms with Crippen LogP contribution < -0.4 is 10.6 Å².